The number of nitrogens with one attached hydrogen (secondary N) is 2. The molecule has 2 N–H and O–H groups in total. The van der Waals surface area contributed by atoms with Gasteiger partial charge in [0.25, 0.3) is 0 Å². The van der Waals surface area contributed by atoms with E-state index in [9.17, 15) is 9.18 Å². The van der Waals surface area contributed by atoms with Crippen LogP contribution in [0.2, 0.25) is 0 Å². The first-order valence-corrected chi connectivity index (χ1v) is 14.4. The summed E-state index contributed by atoms with van der Waals surface area (Å²) in [6.45, 7) is 9.50. The van der Waals surface area contributed by atoms with E-state index >= 15 is 0 Å². The van der Waals surface area contributed by atoms with Gasteiger partial charge in [0.15, 0.2) is 5.82 Å². The third-order valence-electron chi connectivity index (χ3n) is 8.11. The number of rotatable bonds is 9. The van der Waals surface area contributed by atoms with E-state index in [1.54, 1.807) is 37.3 Å². The van der Waals surface area contributed by atoms with E-state index in [4.69, 9.17) is 9.57 Å². The van der Waals surface area contributed by atoms with Crippen LogP contribution in [0.1, 0.15) is 36.4 Å². The second-order valence-corrected chi connectivity index (χ2v) is 10.8. The Morgan fingerprint density at radius 2 is 1.93 bits per heavy atom. The number of anilines is 5. The van der Waals surface area contributed by atoms with Crippen molar-refractivity contribution in [3.05, 3.63) is 72.3 Å². The molecule has 220 valence electrons. The molecule has 42 heavy (non-hydrogen) atoms. The molecule has 2 aromatic carbocycles. The first-order valence-electron chi connectivity index (χ1n) is 14.4. The number of amides is 1. The van der Waals surface area contributed by atoms with Crippen molar-refractivity contribution >= 4 is 34.6 Å². The largest absolute Gasteiger partial charge is 0.494 e. The van der Waals surface area contributed by atoms with Gasteiger partial charge in [-0.2, -0.15) is 0 Å². The van der Waals surface area contributed by atoms with E-state index in [0.29, 0.717) is 52.9 Å². The number of carbonyl (C=O) groups is 1. The van der Waals surface area contributed by atoms with Gasteiger partial charge in [0, 0.05) is 56.3 Å². The van der Waals surface area contributed by atoms with E-state index in [2.05, 4.69) is 37.0 Å². The maximum atomic E-state index is 15.0. The van der Waals surface area contributed by atoms with Crippen LogP contribution in [0, 0.1) is 12.7 Å². The molecule has 2 aliphatic heterocycles. The van der Waals surface area contributed by atoms with Crippen molar-refractivity contribution in [2.45, 2.75) is 38.3 Å². The van der Waals surface area contributed by atoms with E-state index < -0.39 is 0 Å². The summed E-state index contributed by atoms with van der Waals surface area (Å²) in [6.07, 6.45) is 5.89. The molecule has 0 bridgehead atoms. The molecular weight excluding hydrogens is 537 g/mol. The molecule has 11 heteroatoms. The van der Waals surface area contributed by atoms with Crippen LogP contribution in [0.25, 0.3) is 0 Å². The average Bonchev–Trinajstić information content (AvgIpc) is 3.75. The molecule has 1 aromatic heterocycles. The molecule has 3 fully saturated rings. The molecule has 0 radical (unpaired) electrons. The lowest BCUT2D eigenvalue weighted by Crippen LogP contribution is -2.47. The summed E-state index contributed by atoms with van der Waals surface area (Å²) in [5.41, 5.74) is 3.31. The topological polar surface area (TPSA) is 95.1 Å². The van der Waals surface area contributed by atoms with Gasteiger partial charge in [-0.3, -0.25) is 14.5 Å². The summed E-state index contributed by atoms with van der Waals surface area (Å²) in [5, 5.41) is 7.93. The van der Waals surface area contributed by atoms with E-state index in [1.165, 1.54) is 25.2 Å². The van der Waals surface area contributed by atoms with Crippen molar-refractivity contribution in [3.8, 4) is 5.75 Å². The first kappa shape index (κ1) is 27.9. The number of carbonyl (C=O) groups excluding carboxylic acids is 1. The molecule has 0 unspecified atom stereocenters. The van der Waals surface area contributed by atoms with Gasteiger partial charge in [0.05, 0.1) is 36.8 Å². The monoisotopic (exact) mass is 573 g/mol. The lowest BCUT2D eigenvalue weighted by atomic mass is 10.0. The average molecular weight is 574 g/mol. The minimum Gasteiger partial charge on any atom is -0.494 e. The third kappa shape index (κ3) is 5.75. The zero-order chi connectivity index (χ0) is 29.2. The summed E-state index contributed by atoms with van der Waals surface area (Å²) in [5.74, 6) is 1.06. The van der Waals surface area contributed by atoms with E-state index in [-0.39, 0.29) is 17.8 Å². The van der Waals surface area contributed by atoms with Gasteiger partial charge in [-0.15, -0.1) is 0 Å². The van der Waals surface area contributed by atoms with Gasteiger partial charge in [0.1, 0.15) is 23.7 Å². The molecule has 0 spiro atoms. The number of ether oxygens (including phenoxy) is 1. The van der Waals surface area contributed by atoms with Crippen molar-refractivity contribution in [3.63, 3.8) is 0 Å². The zero-order valence-corrected chi connectivity index (χ0v) is 24.0. The van der Waals surface area contributed by atoms with Crippen molar-refractivity contribution in [1.29, 1.82) is 0 Å². The highest BCUT2D eigenvalue weighted by Crippen LogP contribution is 2.40. The van der Waals surface area contributed by atoms with E-state index in [1.807, 2.05) is 18.2 Å². The number of benzene rings is 2. The Kier molecular flexibility index (Phi) is 7.94. The number of hydrogen-bond donors (Lipinski definition) is 2. The Hall–Kier alpha value is -4.22. The number of piperazine rings is 1. The Morgan fingerprint density at radius 3 is 2.67 bits per heavy atom. The highest BCUT2D eigenvalue weighted by Gasteiger charge is 2.33. The number of methoxy groups -OCH3 is 1. The Bertz CT molecular complexity index is 1470. The van der Waals surface area contributed by atoms with Crippen LogP contribution >= 0.6 is 0 Å². The lowest BCUT2D eigenvalue weighted by Gasteiger charge is -2.37. The minimum atomic E-state index is -0.317. The molecule has 3 aliphatic rings. The van der Waals surface area contributed by atoms with Gasteiger partial charge in [0.2, 0.25) is 5.91 Å². The van der Waals surface area contributed by atoms with Crippen LogP contribution in [0.3, 0.4) is 0 Å². The molecule has 1 saturated carbocycles. The number of aryl methyl sites for hydroxylation is 1. The molecule has 3 heterocycles. The SMILES string of the molecule is C=CC(=O)Nc1cc(Nc2cc(N3OCC[C@@H]3c3cccc(C)c3F)ncn2)c(OC)cc1N1CCN(C2CC2)CC1. The third-order valence-corrected chi connectivity index (χ3v) is 8.11. The lowest BCUT2D eigenvalue weighted by molar-refractivity contribution is -0.111. The van der Waals surface area contributed by atoms with Crippen LogP contribution in [0.15, 0.2) is 55.4 Å². The molecule has 1 atom stereocenters. The van der Waals surface area contributed by atoms with E-state index in [0.717, 1.165) is 37.9 Å². The van der Waals surface area contributed by atoms with Crippen LogP contribution in [0.4, 0.5) is 33.1 Å². The van der Waals surface area contributed by atoms with Gasteiger partial charge < -0.3 is 20.3 Å². The normalized spacial score (nSPS) is 19.1. The number of halogens is 1. The van der Waals surface area contributed by atoms with Gasteiger partial charge >= 0.3 is 0 Å². The quantitative estimate of drug-likeness (QED) is 0.344. The second-order valence-electron chi connectivity index (χ2n) is 10.8. The fourth-order valence-electron chi connectivity index (χ4n) is 5.73. The fraction of sp³-hybridized carbons (Fsp3) is 0.387. The standard InChI is InChI=1S/C31H36FN7O3/c1-4-30(40)36-23-16-24(27(41-3)17-26(23)38-13-11-37(12-14-38)21-8-9-21)35-28-18-29(34-19-33-28)39-25(10-15-42-39)22-7-5-6-20(2)31(22)32/h4-7,16-19,21,25H,1,8-15H2,2-3H3,(H,36,40)(H,33,34,35)/t25-/m1/s1. The van der Waals surface area contributed by atoms with Crippen LogP contribution in [-0.4, -0.2) is 66.7 Å². The van der Waals surface area contributed by atoms with Crippen LogP contribution < -0.4 is 25.3 Å². The molecule has 10 nitrogen and oxygen atoms in total. The second kappa shape index (κ2) is 11.9. The summed E-state index contributed by atoms with van der Waals surface area (Å²) in [6, 6.07) is 11.3. The molecule has 6 rings (SSSR count). The predicted octanol–water partition coefficient (Wildman–Crippen LogP) is 4.97. The Balaban J connectivity index is 1.27. The van der Waals surface area contributed by atoms with Crippen molar-refractivity contribution < 1.29 is 18.8 Å². The fourth-order valence-corrected chi connectivity index (χ4v) is 5.73. The summed E-state index contributed by atoms with van der Waals surface area (Å²) >= 11 is 0. The van der Waals surface area contributed by atoms with Gasteiger partial charge in [-0.1, -0.05) is 24.8 Å². The van der Waals surface area contributed by atoms with Crippen molar-refractivity contribution in [1.82, 2.24) is 14.9 Å². The Labute approximate surface area is 245 Å². The number of nitrogens with zero attached hydrogens (tertiary/aromatic N) is 5. The predicted molar refractivity (Wildman–Crippen MR) is 161 cm³/mol. The highest BCUT2D eigenvalue weighted by atomic mass is 19.1. The molecule has 1 aliphatic carbocycles. The number of hydrogen-bond acceptors (Lipinski definition) is 9. The van der Waals surface area contributed by atoms with Crippen LogP contribution in [0.5, 0.6) is 5.75 Å². The number of aromatic nitrogens is 2. The first-order chi connectivity index (χ1) is 20.4. The van der Waals surface area contributed by atoms with Gasteiger partial charge in [-0.25, -0.2) is 19.4 Å². The summed E-state index contributed by atoms with van der Waals surface area (Å²) < 4.78 is 20.8. The zero-order valence-electron chi connectivity index (χ0n) is 24.0. The van der Waals surface area contributed by atoms with Crippen molar-refractivity contribution in [2.75, 3.05) is 60.5 Å². The molecular formula is C31H36FN7O3. The minimum absolute atomic E-state index is 0.238. The maximum absolute atomic E-state index is 15.0. The highest BCUT2D eigenvalue weighted by molar-refractivity contribution is 6.02. The van der Waals surface area contributed by atoms with Gasteiger partial charge in [-0.05, 0) is 37.5 Å². The van der Waals surface area contributed by atoms with Crippen molar-refractivity contribution in [2.24, 2.45) is 0 Å². The Morgan fingerprint density at radius 1 is 1.12 bits per heavy atom. The summed E-state index contributed by atoms with van der Waals surface area (Å²) in [7, 11) is 1.61. The number of hydroxylamine groups is 1. The molecule has 1 amide bonds. The molecule has 2 saturated heterocycles. The maximum Gasteiger partial charge on any atom is 0.247 e. The van der Waals surface area contributed by atoms with Crippen LogP contribution in [-0.2, 0) is 9.63 Å². The smallest absolute Gasteiger partial charge is 0.247 e. The molecule has 3 aromatic rings. The summed E-state index contributed by atoms with van der Waals surface area (Å²) in [4.78, 5) is 31.9.